The number of nitrogens with zero attached hydrogens (tertiary/aromatic N) is 1. The van der Waals surface area contributed by atoms with Gasteiger partial charge < -0.3 is 13.8 Å². The van der Waals surface area contributed by atoms with Crippen LogP contribution in [-0.4, -0.2) is 45.2 Å². The third kappa shape index (κ3) is 5.58. The number of fused-ring (bicyclic) bond motifs is 1. The van der Waals surface area contributed by atoms with Crippen molar-refractivity contribution in [3.05, 3.63) is 77.9 Å². The maximum Gasteiger partial charge on any atom is 0.308 e. The Morgan fingerprint density at radius 1 is 0.967 bits per heavy atom. The summed E-state index contributed by atoms with van der Waals surface area (Å²) in [5.41, 5.74) is 1.36. The van der Waals surface area contributed by atoms with Crippen LogP contribution in [0.3, 0.4) is 0 Å². The van der Waals surface area contributed by atoms with E-state index in [-0.39, 0.29) is 17.4 Å². The van der Waals surface area contributed by atoms with Gasteiger partial charge in [-0.15, -0.1) is 0 Å². The van der Waals surface area contributed by atoms with Crippen molar-refractivity contribution in [3.63, 3.8) is 0 Å². The van der Waals surface area contributed by atoms with Gasteiger partial charge in [-0.3, -0.25) is 4.79 Å². The number of hydrogen-bond acceptors (Lipinski definition) is 5. The van der Waals surface area contributed by atoms with Gasteiger partial charge in [0.1, 0.15) is 5.75 Å². The average Bonchev–Trinajstić information content (AvgIpc) is 2.75. The minimum atomic E-state index is -3.61. The maximum absolute atomic E-state index is 13.2. The highest BCUT2D eigenvalue weighted by molar-refractivity contribution is 7.87. The molecule has 3 rings (SSSR count). The molecule has 0 aliphatic heterocycles. The predicted molar refractivity (Wildman–Crippen MR) is 117 cm³/mol. The maximum atomic E-state index is 13.2. The largest absolute Gasteiger partial charge is 0.383 e. The molecule has 0 aliphatic carbocycles. The molecule has 158 valence electrons. The van der Waals surface area contributed by atoms with Crippen LogP contribution in [-0.2, 0) is 21.4 Å². The summed E-state index contributed by atoms with van der Waals surface area (Å²) in [6.45, 7) is 2.62. The molecule has 6 nitrogen and oxygen atoms in total. The number of amides is 1. The molecule has 0 saturated heterocycles. The van der Waals surface area contributed by atoms with Crippen LogP contribution in [0.5, 0.6) is 5.75 Å². The molecule has 0 heterocycles. The summed E-state index contributed by atoms with van der Waals surface area (Å²) in [4.78, 5) is 14.9. The van der Waals surface area contributed by atoms with E-state index < -0.39 is 10.1 Å². The van der Waals surface area contributed by atoms with Crippen LogP contribution in [0.25, 0.3) is 10.8 Å². The van der Waals surface area contributed by atoms with Gasteiger partial charge in [0.25, 0.3) is 5.91 Å². The van der Waals surface area contributed by atoms with Crippen LogP contribution in [0.15, 0.2) is 66.7 Å². The van der Waals surface area contributed by atoms with Gasteiger partial charge in [-0.25, -0.2) is 0 Å². The topological polar surface area (TPSA) is 72.9 Å². The van der Waals surface area contributed by atoms with Gasteiger partial charge in [0.15, 0.2) is 0 Å². The highest BCUT2D eigenvalue weighted by Gasteiger charge is 2.17. The van der Waals surface area contributed by atoms with E-state index in [4.69, 9.17) is 8.92 Å². The van der Waals surface area contributed by atoms with Crippen molar-refractivity contribution >= 4 is 26.8 Å². The fraction of sp³-hybridized carbons (Fsp3) is 0.261. The van der Waals surface area contributed by atoms with E-state index >= 15 is 0 Å². The van der Waals surface area contributed by atoms with E-state index in [1.165, 1.54) is 6.92 Å². The molecule has 0 N–H and O–H groups in total. The summed E-state index contributed by atoms with van der Waals surface area (Å²) >= 11 is 0. The van der Waals surface area contributed by atoms with E-state index in [1.54, 1.807) is 30.2 Å². The molecule has 0 fully saturated rings. The number of carbonyl (C=O) groups excluding carboxylic acids is 1. The number of benzene rings is 3. The van der Waals surface area contributed by atoms with Crippen LogP contribution >= 0.6 is 0 Å². The molecule has 1 amide bonds. The number of ether oxygens (including phenoxy) is 1. The molecule has 30 heavy (non-hydrogen) atoms. The Morgan fingerprint density at radius 3 is 2.47 bits per heavy atom. The Balaban J connectivity index is 1.84. The molecule has 0 aromatic heterocycles. The van der Waals surface area contributed by atoms with Gasteiger partial charge in [0.2, 0.25) is 0 Å². The summed E-state index contributed by atoms with van der Waals surface area (Å²) in [6.07, 6.45) is 0. The highest BCUT2D eigenvalue weighted by Crippen LogP contribution is 2.20. The van der Waals surface area contributed by atoms with Gasteiger partial charge in [-0.05, 0) is 47.5 Å². The third-order valence-electron chi connectivity index (χ3n) is 4.70. The first-order valence-corrected chi connectivity index (χ1v) is 11.3. The van der Waals surface area contributed by atoms with E-state index in [0.29, 0.717) is 25.3 Å². The second kappa shape index (κ2) is 9.73. The molecule has 0 saturated carbocycles. The number of methoxy groups -OCH3 is 1. The summed E-state index contributed by atoms with van der Waals surface area (Å²) in [5, 5.41) is 2.06. The Bertz CT molecular complexity index is 1130. The van der Waals surface area contributed by atoms with Gasteiger partial charge in [0.05, 0.1) is 12.4 Å². The van der Waals surface area contributed by atoms with Crippen molar-refractivity contribution in [2.75, 3.05) is 26.0 Å². The Labute approximate surface area is 177 Å². The van der Waals surface area contributed by atoms with E-state index in [9.17, 15) is 13.2 Å². The van der Waals surface area contributed by atoms with E-state index in [2.05, 4.69) is 0 Å². The number of rotatable bonds is 9. The van der Waals surface area contributed by atoms with Crippen LogP contribution in [0.1, 0.15) is 22.8 Å². The third-order valence-corrected chi connectivity index (χ3v) is 5.85. The lowest BCUT2D eigenvalue weighted by Gasteiger charge is -2.23. The fourth-order valence-electron chi connectivity index (χ4n) is 3.08. The van der Waals surface area contributed by atoms with Crippen LogP contribution in [0, 0.1) is 0 Å². The molecule has 3 aromatic carbocycles. The molecular formula is C23H25NO5S. The Hall–Kier alpha value is -2.90. The number of carbonyl (C=O) groups is 1. The second-order valence-corrected chi connectivity index (χ2v) is 8.72. The van der Waals surface area contributed by atoms with Gasteiger partial charge in [-0.1, -0.05) is 42.5 Å². The SMILES string of the molecule is CCS(=O)(=O)Oc1cccc(CN(CCOC)C(=O)c2ccc3ccccc3c2)c1. The molecular weight excluding hydrogens is 402 g/mol. The van der Waals surface area contributed by atoms with E-state index in [1.807, 2.05) is 48.5 Å². The van der Waals surface area contributed by atoms with E-state index in [0.717, 1.165) is 16.3 Å². The zero-order valence-corrected chi connectivity index (χ0v) is 17.9. The fourth-order valence-corrected chi connectivity index (χ4v) is 3.60. The summed E-state index contributed by atoms with van der Waals surface area (Å²) in [5.74, 6) is 0.00183. The first kappa shape index (κ1) is 21.8. The first-order chi connectivity index (χ1) is 14.4. The van der Waals surface area contributed by atoms with Crippen molar-refractivity contribution in [3.8, 4) is 5.75 Å². The Morgan fingerprint density at radius 2 is 1.73 bits per heavy atom. The van der Waals surface area contributed by atoms with Crippen molar-refractivity contribution < 1.29 is 22.1 Å². The minimum absolute atomic E-state index is 0.113. The lowest BCUT2D eigenvalue weighted by molar-refractivity contribution is 0.0680. The molecule has 3 aromatic rings. The molecule has 0 spiro atoms. The molecule has 7 heteroatoms. The van der Waals surface area contributed by atoms with Crippen molar-refractivity contribution in [1.82, 2.24) is 4.90 Å². The van der Waals surface area contributed by atoms with Crippen molar-refractivity contribution in [1.29, 1.82) is 0 Å². The lowest BCUT2D eigenvalue weighted by Crippen LogP contribution is -2.33. The molecule has 0 aliphatic rings. The summed E-state index contributed by atoms with van der Waals surface area (Å²) in [6, 6.07) is 20.3. The monoisotopic (exact) mass is 427 g/mol. The molecule has 0 bridgehead atoms. The van der Waals surface area contributed by atoms with Gasteiger partial charge >= 0.3 is 10.1 Å². The minimum Gasteiger partial charge on any atom is -0.383 e. The van der Waals surface area contributed by atoms with Crippen LogP contribution in [0.2, 0.25) is 0 Å². The second-order valence-electron chi connectivity index (χ2n) is 6.86. The summed E-state index contributed by atoms with van der Waals surface area (Å²) in [7, 11) is -2.03. The van der Waals surface area contributed by atoms with Gasteiger partial charge in [-0.2, -0.15) is 8.42 Å². The first-order valence-electron chi connectivity index (χ1n) is 9.70. The normalized spacial score (nSPS) is 11.4. The quantitative estimate of drug-likeness (QED) is 0.485. The molecule has 0 atom stereocenters. The molecule has 0 unspecified atom stereocenters. The zero-order chi connectivity index (χ0) is 21.6. The Kier molecular flexibility index (Phi) is 7.07. The standard InChI is InChI=1S/C23H25NO5S/c1-3-30(26,27)29-22-10-6-7-18(15-22)17-24(13-14-28-2)23(25)21-12-11-19-8-4-5-9-20(19)16-21/h4-12,15-16H,3,13-14,17H2,1-2H3. The number of hydrogen-bond donors (Lipinski definition) is 0. The van der Waals surface area contributed by atoms with Crippen LogP contribution < -0.4 is 4.18 Å². The lowest BCUT2D eigenvalue weighted by atomic mass is 10.1. The summed E-state index contributed by atoms with van der Waals surface area (Å²) < 4.78 is 33.7. The average molecular weight is 428 g/mol. The highest BCUT2D eigenvalue weighted by atomic mass is 32.2. The predicted octanol–water partition coefficient (Wildman–Crippen LogP) is 3.86. The van der Waals surface area contributed by atoms with Crippen LogP contribution in [0.4, 0.5) is 0 Å². The zero-order valence-electron chi connectivity index (χ0n) is 17.1. The van der Waals surface area contributed by atoms with Crippen molar-refractivity contribution in [2.45, 2.75) is 13.5 Å². The molecule has 0 radical (unpaired) electrons. The van der Waals surface area contributed by atoms with Gasteiger partial charge in [0, 0.05) is 25.8 Å². The van der Waals surface area contributed by atoms with Crippen molar-refractivity contribution in [2.24, 2.45) is 0 Å². The smallest absolute Gasteiger partial charge is 0.308 e.